The summed E-state index contributed by atoms with van der Waals surface area (Å²) in [5.41, 5.74) is -0.309. The Morgan fingerprint density at radius 2 is 1.65 bits per heavy atom. The third kappa shape index (κ3) is 2.64. The molecule has 1 nitrogen and oxygen atoms in total. The average Bonchev–Trinajstić information content (AvgIpc) is 2.41. The van der Waals surface area contributed by atoms with Gasteiger partial charge in [-0.05, 0) is 35.5 Å². The van der Waals surface area contributed by atoms with Crippen LogP contribution in [0, 0.1) is 30.2 Å². The topological polar surface area (TPSA) is 9.23 Å². The molecule has 0 aliphatic heterocycles. The summed E-state index contributed by atoms with van der Waals surface area (Å²) in [6, 6.07) is 4.02. The summed E-state index contributed by atoms with van der Waals surface area (Å²) in [6.07, 6.45) is 0. The third-order valence-corrected chi connectivity index (χ3v) is 2.89. The minimum atomic E-state index is -0.927. The monoisotopic (exact) mass is 281 g/mol. The lowest BCUT2D eigenvalue weighted by molar-refractivity contribution is 0.385. The molecule has 0 saturated heterocycles. The SMILES string of the molecule is COc1cc([B]c2c(F)ccc(C)c2F)c(F)cc1F. The molecule has 0 aliphatic carbocycles. The molecule has 2 aromatic rings. The van der Waals surface area contributed by atoms with Gasteiger partial charge in [0.1, 0.15) is 17.5 Å². The number of aryl methyl sites for hydroxylation is 1. The summed E-state index contributed by atoms with van der Waals surface area (Å²) < 4.78 is 59.1. The molecule has 0 saturated carbocycles. The van der Waals surface area contributed by atoms with E-state index in [4.69, 9.17) is 4.74 Å². The second-order valence-corrected chi connectivity index (χ2v) is 4.24. The Hall–Kier alpha value is -1.98. The van der Waals surface area contributed by atoms with E-state index in [-0.39, 0.29) is 22.2 Å². The molecule has 1 radical (unpaired) electrons. The maximum Gasteiger partial charge on any atom is 0.203 e. The van der Waals surface area contributed by atoms with Crippen LogP contribution in [0.2, 0.25) is 0 Å². The predicted molar refractivity (Wildman–Crippen MR) is 69.0 cm³/mol. The van der Waals surface area contributed by atoms with E-state index in [2.05, 4.69) is 0 Å². The summed E-state index contributed by atoms with van der Waals surface area (Å²) in [5.74, 6) is -3.62. The molecule has 0 heterocycles. The Morgan fingerprint density at radius 3 is 2.30 bits per heavy atom. The van der Waals surface area contributed by atoms with Crippen molar-refractivity contribution in [1.82, 2.24) is 0 Å². The first-order valence-corrected chi connectivity index (χ1v) is 5.76. The second kappa shape index (κ2) is 5.57. The molecule has 0 bridgehead atoms. The summed E-state index contributed by atoms with van der Waals surface area (Å²) in [7, 11) is 2.20. The molecule has 2 aromatic carbocycles. The van der Waals surface area contributed by atoms with Crippen LogP contribution in [0.3, 0.4) is 0 Å². The van der Waals surface area contributed by atoms with Crippen LogP contribution in [0.4, 0.5) is 17.6 Å². The molecular weight excluding hydrogens is 271 g/mol. The van der Waals surface area contributed by atoms with Gasteiger partial charge >= 0.3 is 0 Å². The van der Waals surface area contributed by atoms with E-state index in [0.29, 0.717) is 6.07 Å². The van der Waals surface area contributed by atoms with Crippen LogP contribution in [0.5, 0.6) is 5.75 Å². The zero-order valence-electron chi connectivity index (χ0n) is 10.8. The molecule has 0 fully saturated rings. The molecule has 0 atom stereocenters. The van der Waals surface area contributed by atoms with E-state index in [1.54, 1.807) is 0 Å². The molecular formula is C14H10BF4O. The fraction of sp³-hybridized carbons (Fsp3) is 0.143. The van der Waals surface area contributed by atoms with Crippen LogP contribution in [-0.4, -0.2) is 14.4 Å². The van der Waals surface area contributed by atoms with Crippen LogP contribution in [-0.2, 0) is 0 Å². The smallest absolute Gasteiger partial charge is 0.203 e. The Morgan fingerprint density at radius 1 is 0.950 bits per heavy atom. The van der Waals surface area contributed by atoms with Gasteiger partial charge < -0.3 is 4.74 Å². The van der Waals surface area contributed by atoms with E-state index in [1.165, 1.54) is 20.1 Å². The summed E-state index contributed by atoms with van der Waals surface area (Å²) in [4.78, 5) is 0. The van der Waals surface area contributed by atoms with Gasteiger partial charge in [0, 0.05) is 6.07 Å². The van der Waals surface area contributed by atoms with Gasteiger partial charge in [0.25, 0.3) is 0 Å². The van der Waals surface area contributed by atoms with Crippen LogP contribution < -0.4 is 15.7 Å². The van der Waals surface area contributed by atoms with Gasteiger partial charge in [-0.15, -0.1) is 0 Å². The van der Waals surface area contributed by atoms with Crippen molar-refractivity contribution in [2.45, 2.75) is 6.92 Å². The Labute approximate surface area is 114 Å². The Balaban J connectivity index is 2.48. The number of benzene rings is 2. The molecule has 6 heteroatoms. The molecule has 0 N–H and O–H groups in total. The van der Waals surface area contributed by atoms with Crippen LogP contribution in [0.15, 0.2) is 24.3 Å². The Bertz CT molecular complexity index is 658. The molecule has 0 aromatic heterocycles. The standard InChI is InChI=1S/C14H10BF4O/c1-7-3-4-9(16)13(14(7)19)15-8-5-12(20-2)11(18)6-10(8)17/h3-6H,1-2H3. The number of methoxy groups -OCH3 is 1. The van der Waals surface area contributed by atoms with Crippen molar-refractivity contribution in [3.63, 3.8) is 0 Å². The molecule has 0 aliphatic rings. The molecule has 103 valence electrons. The first kappa shape index (κ1) is 14.4. The van der Waals surface area contributed by atoms with Gasteiger partial charge in [0.15, 0.2) is 11.6 Å². The zero-order valence-corrected chi connectivity index (χ0v) is 10.8. The summed E-state index contributed by atoms with van der Waals surface area (Å²) >= 11 is 0. The zero-order chi connectivity index (χ0) is 14.9. The van der Waals surface area contributed by atoms with Gasteiger partial charge in [-0.25, -0.2) is 17.6 Å². The van der Waals surface area contributed by atoms with Gasteiger partial charge in [-0.3, -0.25) is 0 Å². The summed E-state index contributed by atoms with van der Waals surface area (Å²) in [6.45, 7) is 1.47. The highest BCUT2D eigenvalue weighted by Crippen LogP contribution is 2.15. The molecule has 20 heavy (non-hydrogen) atoms. The van der Waals surface area contributed by atoms with Crippen LogP contribution in [0.25, 0.3) is 0 Å². The fourth-order valence-corrected chi connectivity index (χ4v) is 1.78. The highest BCUT2D eigenvalue weighted by molar-refractivity contribution is 6.67. The van der Waals surface area contributed by atoms with E-state index < -0.39 is 23.3 Å². The van der Waals surface area contributed by atoms with Crippen molar-refractivity contribution in [2.24, 2.45) is 0 Å². The quantitative estimate of drug-likeness (QED) is 0.619. The lowest BCUT2D eigenvalue weighted by Crippen LogP contribution is -2.35. The van der Waals surface area contributed by atoms with Gasteiger partial charge in [-0.2, -0.15) is 0 Å². The van der Waals surface area contributed by atoms with E-state index in [0.717, 1.165) is 19.4 Å². The number of hydrogen-bond donors (Lipinski definition) is 0. The highest BCUT2D eigenvalue weighted by atomic mass is 19.1. The largest absolute Gasteiger partial charge is 0.494 e. The third-order valence-electron chi connectivity index (χ3n) is 2.89. The minimum Gasteiger partial charge on any atom is -0.494 e. The van der Waals surface area contributed by atoms with Gasteiger partial charge in [-0.1, -0.05) is 6.07 Å². The van der Waals surface area contributed by atoms with Crippen molar-refractivity contribution >= 4 is 18.2 Å². The van der Waals surface area contributed by atoms with Gasteiger partial charge in [0.2, 0.25) is 7.28 Å². The van der Waals surface area contributed by atoms with Crippen LogP contribution >= 0.6 is 0 Å². The van der Waals surface area contributed by atoms with E-state index in [9.17, 15) is 17.6 Å². The van der Waals surface area contributed by atoms with Gasteiger partial charge in [0.05, 0.1) is 7.11 Å². The second-order valence-electron chi connectivity index (χ2n) is 4.24. The van der Waals surface area contributed by atoms with Crippen molar-refractivity contribution in [3.8, 4) is 5.75 Å². The van der Waals surface area contributed by atoms with Crippen molar-refractivity contribution < 1.29 is 22.3 Å². The molecule has 0 amide bonds. The van der Waals surface area contributed by atoms with E-state index >= 15 is 0 Å². The number of hydrogen-bond acceptors (Lipinski definition) is 1. The van der Waals surface area contributed by atoms with Crippen LogP contribution in [0.1, 0.15) is 5.56 Å². The predicted octanol–water partition coefficient (Wildman–Crippen LogP) is 2.22. The molecule has 2 rings (SSSR count). The average molecular weight is 281 g/mol. The lowest BCUT2D eigenvalue weighted by Gasteiger charge is -2.09. The van der Waals surface area contributed by atoms with Crippen molar-refractivity contribution in [1.29, 1.82) is 0 Å². The normalized spacial score (nSPS) is 10.5. The highest BCUT2D eigenvalue weighted by Gasteiger charge is 2.17. The fourth-order valence-electron chi connectivity index (χ4n) is 1.78. The Kier molecular flexibility index (Phi) is 4.02. The first-order chi connectivity index (χ1) is 9.43. The minimum absolute atomic E-state index is 0.161. The number of ether oxygens (including phenoxy) is 1. The summed E-state index contributed by atoms with van der Waals surface area (Å²) in [5, 5.41) is 0. The lowest BCUT2D eigenvalue weighted by atomic mass is 9.63. The maximum absolute atomic E-state index is 13.8. The van der Waals surface area contributed by atoms with Crippen molar-refractivity contribution in [2.75, 3.05) is 7.11 Å². The number of rotatable bonds is 3. The van der Waals surface area contributed by atoms with E-state index in [1.807, 2.05) is 0 Å². The van der Waals surface area contributed by atoms with Crippen molar-refractivity contribution in [3.05, 3.63) is 53.1 Å². The number of halogens is 4. The molecule has 0 unspecified atom stereocenters. The first-order valence-electron chi connectivity index (χ1n) is 5.76. The maximum atomic E-state index is 13.8. The molecule has 0 spiro atoms.